The van der Waals surface area contributed by atoms with E-state index >= 15 is 0 Å². The Morgan fingerprint density at radius 3 is 2.39 bits per heavy atom. The van der Waals surface area contributed by atoms with E-state index in [2.05, 4.69) is 0 Å². The lowest BCUT2D eigenvalue weighted by Crippen LogP contribution is -2.14. The van der Waals surface area contributed by atoms with E-state index in [0.29, 0.717) is 11.3 Å². The summed E-state index contributed by atoms with van der Waals surface area (Å²) in [6, 6.07) is 15.3. The van der Waals surface area contributed by atoms with Gasteiger partial charge in [0.15, 0.2) is 5.78 Å². The molecule has 0 spiro atoms. The molecule has 0 atom stereocenters. The van der Waals surface area contributed by atoms with Crippen molar-refractivity contribution >= 4 is 5.78 Å². The van der Waals surface area contributed by atoms with Gasteiger partial charge in [-0.25, -0.2) is 4.39 Å². The Hall–Kier alpha value is -2.16. The number of halogens is 1. The minimum Gasteiger partial charge on any atom is -0.486 e. The summed E-state index contributed by atoms with van der Waals surface area (Å²) in [6.45, 7) is -0.0433. The molecule has 0 saturated carbocycles. The van der Waals surface area contributed by atoms with E-state index in [1.54, 1.807) is 30.3 Å². The highest BCUT2D eigenvalue weighted by Crippen LogP contribution is 2.10. The fraction of sp³-hybridized carbons (Fsp3) is 0.133. The summed E-state index contributed by atoms with van der Waals surface area (Å²) in [7, 11) is 0. The maximum absolute atomic E-state index is 13.3. The maximum atomic E-state index is 13.3. The van der Waals surface area contributed by atoms with E-state index < -0.39 is 0 Å². The lowest BCUT2D eigenvalue weighted by atomic mass is 10.1. The molecule has 0 radical (unpaired) electrons. The van der Waals surface area contributed by atoms with Gasteiger partial charge < -0.3 is 4.74 Å². The van der Waals surface area contributed by atoms with Crippen molar-refractivity contribution in [3.05, 3.63) is 66.0 Å². The first-order valence-corrected chi connectivity index (χ1v) is 5.68. The molecule has 2 aromatic carbocycles. The molecule has 0 fully saturated rings. The molecular weight excluding hydrogens is 231 g/mol. The predicted octanol–water partition coefficient (Wildman–Crippen LogP) is 3.02. The average Bonchev–Trinajstić information content (AvgIpc) is 2.40. The minimum absolute atomic E-state index is 0.0433. The first-order chi connectivity index (χ1) is 8.75. The summed E-state index contributed by atoms with van der Waals surface area (Å²) < 4.78 is 18.6. The molecule has 0 unspecified atom stereocenters. The van der Waals surface area contributed by atoms with Crippen molar-refractivity contribution in [2.24, 2.45) is 0 Å². The van der Waals surface area contributed by atoms with Gasteiger partial charge in [0.05, 0.1) is 0 Å². The standard InChI is InChI=1S/C15H13FO2/c16-15-9-5-4-6-12(15)10-13(17)11-18-14-7-2-1-3-8-14/h1-9H,10-11H2. The SMILES string of the molecule is O=C(COc1ccccc1)Cc1ccccc1F. The normalized spacial score (nSPS) is 10.1. The second-order valence-electron chi connectivity index (χ2n) is 3.91. The zero-order valence-corrected chi connectivity index (χ0v) is 9.80. The first kappa shape index (κ1) is 12.3. The first-order valence-electron chi connectivity index (χ1n) is 5.68. The highest BCUT2D eigenvalue weighted by molar-refractivity contribution is 5.82. The molecule has 2 rings (SSSR count). The topological polar surface area (TPSA) is 26.3 Å². The Morgan fingerprint density at radius 1 is 1.00 bits per heavy atom. The van der Waals surface area contributed by atoms with Crippen LogP contribution in [0.15, 0.2) is 54.6 Å². The fourth-order valence-electron chi connectivity index (χ4n) is 1.59. The molecule has 2 nitrogen and oxygen atoms in total. The van der Waals surface area contributed by atoms with Crippen molar-refractivity contribution in [1.82, 2.24) is 0 Å². The summed E-state index contributed by atoms with van der Waals surface area (Å²) in [6.07, 6.45) is 0.0551. The van der Waals surface area contributed by atoms with Crippen molar-refractivity contribution in [2.45, 2.75) is 6.42 Å². The number of ether oxygens (including phenoxy) is 1. The molecule has 0 aromatic heterocycles. The predicted molar refractivity (Wildman–Crippen MR) is 67.0 cm³/mol. The second-order valence-corrected chi connectivity index (χ2v) is 3.91. The molecule has 18 heavy (non-hydrogen) atoms. The van der Waals surface area contributed by atoms with Crippen LogP contribution in [-0.2, 0) is 11.2 Å². The van der Waals surface area contributed by atoms with Gasteiger partial charge in [0, 0.05) is 6.42 Å². The van der Waals surface area contributed by atoms with E-state index in [4.69, 9.17) is 4.74 Å². The van der Waals surface area contributed by atoms with Crippen molar-refractivity contribution in [3.63, 3.8) is 0 Å². The lowest BCUT2D eigenvalue weighted by molar-refractivity contribution is -0.120. The van der Waals surface area contributed by atoms with Gasteiger partial charge in [0.25, 0.3) is 0 Å². The van der Waals surface area contributed by atoms with E-state index in [1.165, 1.54) is 6.07 Å². The molecule has 0 heterocycles. The van der Waals surface area contributed by atoms with Gasteiger partial charge in [0.1, 0.15) is 18.2 Å². The Labute approximate surface area is 105 Å². The molecule has 3 heteroatoms. The molecule has 0 amide bonds. The van der Waals surface area contributed by atoms with Crippen molar-refractivity contribution in [3.8, 4) is 5.75 Å². The van der Waals surface area contributed by atoms with Gasteiger partial charge in [0.2, 0.25) is 0 Å². The number of carbonyl (C=O) groups excluding carboxylic acids is 1. The molecule has 0 aliphatic carbocycles. The van der Waals surface area contributed by atoms with Gasteiger partial charge in [-0.3, -0.25) is 4.79 Å². The van der Waals surface area contributed by atoms with Crippen molar-refractivity contribution in [2.75, 3.05) is 6.61 Å². The summed E-state index contributed by atoms with van der Waals surface area (Å²) >= 11 is 0. The lowest BCUT2D eigenvalue weighted by Gasteiger charge is -2.05. The summed E-state index contributed by atoms with van der Waals surface area (Å²) in [5.41, 5.74) is 0.402. The third kappa shape index (κ3) is 3.42. The Bertz CT molecular complexity index is 523. The molecule has 0 saturated heterocycles. The molecule has 2 aromatic rings. The van der Waals surface area contributed by atoms with Crippen LogP contribution in [0.5, 0.6) is 5.75 Å². The van der Waals surface area contributed by atoms with Gasteiger partial charge >= 0.3 is 0 Å². The van der Waals surface area contributed by atoms with Gasteiger partial charge in [-0.05, 0) is 23.8 Å². The largest absolute Gasteiger partial charge is 0.486 e. The zero-order chi connectivity index (χ0) is 12.8. The summed E-state index contributed by atoms with van der Waals surface area (Å²) in [5, 5.41) is 0. The number of Topliss-reactive ketones (excluding diaryl/α,β-unsaturated/α-hetero) is 1. The third-order valence-electron chi connectivity index (χ3n) is 2.49. The summed E-state index contributed by atoms with van der Waals surface area (Å²) in [5.74, 6) is 0.133. The van der Waals surface area contributed by atoms with E-state index in [-0.39, 0.29) is 24.6 Å². The number of benzene rings is 2. The number of ketones is 1. The summed E-state index contributed by atoms with van der Waals surface area (Å²) in [4.78, 5) is 11.6. The van der Waals surface area contributed by atoms with Crippen LogP contribution in [0.4, 0.5) is 4.39 Å². The van der Waals surface area contributed by atoms with Crippen LogP contribution in [0.25, 0.3) is 0 Å². The van der Waals surface area contributed by atoms with Gasteiger partial charge in [-0.2, -0.15) is 0 Å². The molecule has 0 N–H and O–H groups in total. The van der Waals surface area contributed by atoms with Crippen LogP contribution >= 0.6 is 0 Å². The van der Waals surface area contributed by atoms with Gasteiger partial charge in [-0.1, -0.05) is 36.4 Å². The highest BCUT2D eigenvalue weighted by Gasteiger charge is 2.08. The smallest absolute Gasteiger partial charge is 0.174 e. The van der Waals surface area contributed by atoms with Crippen LogP contribution < -0.4 is 4.74 Å². The minimum atomic E-state index is -0.356. The van der Waals surface area contributed by atoms with Crippen LogP contribution in [0.1, 0.15) is 5.56 Å². The van der Waals surface area contributed by atoms with Crippen LogP contribution in [0.2, 0.25) is 0 Å². The molecule has 0 aliphatic heterocycles. The molecule has 0 bridgehead atoms. The van der Waals surface area contributed by atoms with E-state index in [0.717, 1.165) is 0 Å². The van der Waals surface area contributed by atoms with E-state index in [1.807, 2.05) is 18.2 Å². The maximum Gasteiger partial charge on any atom is 0.174 e. The quantitative estimate of drug-likeness (QED) is 0.808. The fourth-order valence-corrected chi connectivity index (χ4v) is 1.59. The Balaban J connectivity index is 1.88. The number of hydrogen-bond acceptors (Lipinski definition) is 2. The van der Waals surface area contributed by atoms with E-state index in [9.17, 15) is 9.18 Å². The number of rotatable bonds is 5. The number of para-hydroxylation sites is 1. The van der Waals surface area contributed by atoms with Gasteiger partial charge in [-0.15, -0.1) is 0 Å². The zero-order valence-electron chi connectivity index (χ0n) is 9.80. The van der Waals surface area contributed by atoms with Crippen LogP contribution in [-0.4, -0.2) is 12.4 Å². The number of carbonyl (C=O) groups is 1. The van der Waals surface area contributed by atoms with Crippen molar-refractivity contribution in [1.29, 1.82) is 0 Å². The molecule has 0 aliphatic rings. The highest BCUT2D eigenvalue weighted by atomic mass is 19.1. The monoisotopic (exact) mass is 244 g/mol. The van der Waals surface area contributed by atoms with Crippen molar-refractivity contribution < 1.29 is 13.9 Å². The average molecular weight is 244 g/mol. The third-order valence-corrected chi connectivity index (χ3v) is 2.49. The molecular formula is C15H13FO2. The molecule has 92 valence electrons. The number of hydrogen-bond donors (Lipinski definition) is 0. The van der Waals surface area contributed by atoms with Crippen LogP contribution in [0, 0.1) is 5.82 Å². The Kier molecular flexibility index (Phi) is 4.07. The van der Waals surface area contributed by atoms with Crippen LogP contribution in [0.3, 0.4) is 0 Å². The Morgan fingerprint density at radius 2 is 1.67 bits per heavy atom. The second kappa shape index (κ2) is 5.96.